The number of likely N-dealkylation sites (tertiary alicyclic amines) is 1. The van der Waals surface area contributed by atoms with Crippen LogP contribution in [0.4, 0.5) is 10.1 Å². The fourth-order valence-electron chi connectivity index (χ4n) is 4.04. The van der Waals surface area contributed by atoms with E-state index >= 15 is 0 Å². The Bertz CT molecular complexity index is 460. The summed E-state index contributed by atoms with van der Waals surface area (Å²) in [6, 6.07) is 5.17. The summed E-state index contributed by atoms with van der Waals surface area (Å²) in [4.78, 5) is 2.60. The Morgan fingerprint density at radius 1 is 1.05 bits per heavy atom. The van der Waals surface area contributed by atoms with Gasteiger partial charge in [0.2, 0.25) is 0 Å². The molecule has 1 aromatic rings. The van der Waals surface area contributed by atoms with Crippen molar-refractivity contribution in [2.75, 3.05) is 25.4 Å². The summed E-state index contributed by atoms with van der Waals surface area (Å²) in [6.07, 6.45) is 9.23. The van der Waals surface area contributed by atoms with E-state index in [4.69, 9.17) is 5.73 Å². The molecule has 2 nitrogen and oxygen atoms in total. The second-order valence-electron chi connectivity index (χ2n) is 6.86. The third-order valence-corrected chi connectivity index (χ3v) is 5.29. The lowest BCUT2D eigenvalue weighted by molar-refractivity contribution is 0.163. The van der Waals surface area contributed by atoms with E-state index in [0.29, 0.717) is 11.6 Å². The monoisotopic (exact) mass is 290 g/mol. The topological polar surface area (TPSA) is 29.3 Å². The van der Waals surface area contributed by atoms with Gasteiger partial charge in [-0.05, 0) is 68.3 Å². The molecule has 1 saturated carbocycles. The molecule has 21 heavy (non-hydrogen) atoms. The maximum absolute atomic E-state index is 14.0. The lowest BCUT2D eigenvalue weighted by atomic mass is 9.86. The molecule has 2 N–H and O–H groups in total. The van der Waals surface area contributed by atoms with Gasteiger partial charge in [0.05, 0.1) is 0 Å². The zero-order valence-corrected chi connectivity index (χ0v) is 12.9. The van der Waals surface area contributed by atoms with Crippen LogP contribution in [0, 0.1) is 11.7 Å². The summed E-state index contributed by atoms with van der Waals surface area (Å²) < 4.78 is 14.0. The zero-order chi connectivity index (χ0) is 14.7. The number of nitrogen functional groups attached to an aromatic ring is 1. The molecule has 2 aliphatic rings. The van der Waals surface area contributed by atoms with Crippen molar-refractivity contribution in [2.45, 2.75) is 50.9 Å². The molecule has 0 aromatic heterocycles. The molecule has 2 fully saturated rings. The van der Waals surface area contributed by atoms with E-state index < -0.39 is 0 Å². The van der Waals surface area contributed by atoms with Crippen LogP contribution in [-0.4, -0.2) is 24.5 Å². The first kappa shape index (κ1) is 14.8. The van der Waals surface area contributed by atoms with Gasteiger partial charge in [-0.1, -0.05) is 25.3 Å². The number of halogens is 1. The van der Waals surface area contributed by atoms with E-state index in [-0.39, 0.29) is 5.82 Å². The van der Waals surface area contributed by atoms with Gasteiger partial charge in [0.1, 0.15) is 5.82 Å². The highest BCUT2D eigenvalue weighted by Gasteiger charge is 2.25. The maximum Gasteiger partial charge on any atom is 0.128 e. The first-order chi connectivity index (χ1) is 10.2. The number of anilines is 1. The van der Waals surface area contributed by atoms with Crippen molar-refractivity contribution in [3.63, 3.8) is 0 Å². The van der Waals surface area contributed by atoms with E-state index in [0.717, 1.165) is 37.4 Å². The van der Waals surface area contributed by atoms with Crippen molar-refractivity contribution < 1.29 is 4.39 Å². The predicted octanol–water partition coefficient (Wildman–Crippen LogP) is 4.17. The lowest BCUT2D eigenvalue weighted by Crippen LogP contribution is -2.37. The minimum Gasteiger partial charge on any atom is -0.399 e. The SMILES string of the molecule is Nc1ccc(C2CCN(CC3CCCCC3)CC2)c(F)c1. The Balaban J connectivity index is 1.52. The maximum atomic E-state index is 14.0. The van der Waals surface area contributed by atoms with E-state index in [2.05, 4.69) is 4.90 Å². The largest absolute Gasteiger partial charge is 0.399 e. The minimum atomic E-state index is -0.124. The van der Waals surface area contributed by atoms with E-state index in [1.807, 2.05) is 12.1 Å². The van der Waals surface area contributed by atoms with Gasteiger partial charge in [0.25, 0.3) is 0 Å². The highest BCUT2D eigenvalue weighted by molar-refractivity contribution is 5.41. The third kappa shape index (κ3) is 3.76. The van der Waals surface area contributed by atoms with Crippen LogP contribution >= 0.6 is 0 Å². The van der Waals surface area contributed by atoms with E-state index in [1.54, 1.807) is 0 Å². The highest BCUT2D eigenvalue weighted by Crippen LogP contribution is 2.32. The fourth-order valence-corrected chi connectivity index (χ4v) is 4.04. The van der Waals surface area contributed by atoms with Gasteiger partial charge < -0.3 is 10.6 Å². The second kappa shape index (κ2) is 6.78. The molecule has 1 heterocycles. The van der Waals surface area contributed by atoms with Gasteiger partial charge in [0, 0.05) is 12.2 Å². The molecule has 0 atom stereocenters. The molecule has 3 rings (SSSR count). The zero-order valence-electron chi connectivity index (χ0n) is 12.9. The Kier molecular flexibility index (Phi) is 4.79. The molecule has 0 radical (unpaired) electrons. The van der Waals surface area contributed by atoms with Crippen molar-refractivity contribution in [3.8, 4) is 0 Å². The fraction of sp³-hybridized carbons (Fsp3) is 0.667. The molecule has 0 amide bonds. The quantitative estimate of drug-likeness (QED) is 0.847. The molecular weight excluding hydrogens is 263 g/mol. The van der Waals surface area contributed by atoms with Crippen LogP contribution < -0.4 is 5.73 Å². The van der Waals surface area contributed by atoms with Gasteiger partial charge in [-0.15, -0.1) is 0 Å². The van der Waals surface area contributed by atoms with Crippen molar-refractivity contribution in [1.82, 2.24) is 4.90 Å². The summed E-state index contributed by atoms with van der Waals surface area (Å²) in [7, 11) is 0. The predicted molar refractivity (Wildman–Crippen MR) is 85.8 cm³/mol. The summed E-state index contributed by atoms with van der Waals surface area (Å²) in [6.45, 7) is 3.49. The van der Waals surface area contributed by atoms with Gasteiger partial charge in [-0.3, -0.25) is 0 Å². The normalized spacial score (nSPS) is 22.5. The molecule has 1 aliphatic carbocycles. The van der Waals surface area contributed by atoms with Crippen molar-refractivity contribution in [3.05, 3.63) is 29.6 Å². The highest BCUT2D eigenvalue weighted by atomic mass is 19.1. The Morgan fingerprint density at radius 2 is 1.76 bits per heavy atom. The molecular formula is C18H27FN2. The van der Waals surface area contributed by atoms with Crippen molar-refractivity contribution in [1.29, 1.82) is 0 Å². The smallest absolute Gasteiger partial charge is 0.128 e. The van der Waals surface area contributed by atoms with Gasteiger partial charge in [-0.2, -0.15) is 0 Å². The molecule has 1 saturated heterocycles. The van der Waals surface area contributed by atoms with Crippen LogP contribution in [0.2, 0.25) is 0 Å². The van der Waals surface area contributed by atoms with Crippen molar-refractivity contribution in [2.24, 2.45) is 5.92 Å². The number of rotatable bonds is 3. The molecule has 1 aliphatic heterocycles. The average Bonchev–Trinajstić information content (AvgIpc) is 2.49. The van der Waals surface area contributed by atoms with Gasteiger partial charge >= 0.3 is 0 Å². The number of nitrogens with zero attached hydrogens (tertiary/aromatic N) is 1. The van der Waals surface area contributed by atoms with Crippen molar-refractivity contribution >= 4 is 5.69 Å². The van der Waals surface area contributed by atoms with Crippen LogP contribution in [-0.2, 0) is 0 Å². The average molecular weight is 290 g/mol. The Hall–Kier alpha value is -1.09. The molecule has 0 spiro atoms. The molecule has 3 heteroatoms. The molecule has 1 aromatic carbocycles. The number of piperidine rings is 1. The Labute approximate surface area is 127 Å². The van der Waals surface area contributed by atoms with E-state index in [1.165, 1.54) is 44.7 Å². The molecule has 0 bridgehead atoms. The number of hydrogen-bond donors (Lipinski definition) is 1. The second-order valence-corrected chi connectivity index (χ2v) is 6.86. The van der Waals surface area contributed by atoms with Crippen LogP contribution in [0.3, 0.4) is 0 Å². The van der Waals surface area contributed by atoms with Gasteiger partial charge in [-0.25, -0.2) is 4.39 Å². The molecule has 116 valence electrons. The first-order valence-electron chi connectivity index (χ1n) is 8.49. The van der Waals surface area contributed by atoms with Crippen LogP contribution in [0.1, 0.15) is 56.4 Å². The number of benzene rings is 1. The third-order valence-electron chi connectivity index (χ3n) is 5.29. The standard InChI is InChI=1S/C18H27FN2/c19-18-12-16(20)6-7-17(18)15-8-10-21(11-9-15)13-14-4-2-1-3-5-14/h6-7,12,14-15H,1-5,8-11,13,20H2. The number of hydrogen-bond acceptors (Lipinski definition) is 2. The lowest BCUT2D eigenvalue weighted by Gasteiger charge is -2.35. The van der Waals surface area contributed by atoms with Crippen LogP contribution in [0.25, 0.3) is 0 Å². The van der Waals surface area contributed by atoms with Gasteiger partial charge in [0.15, 0.2) is 0 Å². The molecule has 0 unspecified atom stereocenters. The first-order valence-corrected chi connectivity index (χ1v) is 8.49. The number of nitrogens with two attached hydrogens (primary N) is 1. The van der Waals surface area contributed by atoms with Crippen LogP contribution in [0.15, 0.2) is 18.2 Å². The summed E-state index contributed by atoms with van der Waals surface area (Å²) in [5.74, 6) is 1.15. The summed E-state index contributed by atoms with van der Waals surface area (Å²) >= 11 is 0. The minimum absolute atomic E-state index is 0.124. The summed E-state index contributed by atoms with van der Waals surface area (Å²) in [5, 5.41) is 0. The van der Waals surface area contributed by atoms with Crippen LogP contribution in [0.5, 0.6) is 0 Å². The summed E-state index contributed by atoms with van der Waals surface area (Å²) in [5.41, 5.74) is 7.02. The Morgan fingerprint density at radius 3 is 2.43 bits per heavy atom. The van der Waals surface area contributed by atoms with E-state index in [9.17, 15) is 4.39 Å².